The number of nitrogens with one attached hydrogen (secondary N) is 1. The van der Waals surface area contributed by atoms with E-state index in [2.05, 4.69) is 10.3 Å². The van der Waals surface area contributed by atoms with Crippen LogP contribution in [0.2, 0.25) is 0 Å². The van der Waals surface area contributed by atoms with E-state index in [1.165, 1.54) is 12.1 Å². The van der Waals surface area contributed by atoms with Gasteiger partial charge >= 0.3 is 6.18 Å². The number of hydrogen-bond donors (Lipinski definition) is 2. The standard InChI is InChI=1S/C17H18F3N3O2.HI/c1-24-14-8-4-13(5-9-14)23-16(21)22-10-11-25-15-6-2-12(3-7-15)17(18,19)20;/h2-9H,10-11H2,1H3,(H3,21,22,23);1H. The maximum atomic E-state index is 12.4. The molecule has 0 saturated carbocycles. The smallest absolute Gasteiger partial charge is 0.416 e. The van der Waals surface area contributed by atoms with Crippen LogP contribution >= 0.6 is 24.0 Å². The summed E-state index contributed by atoms with van der Waals surface area (Å²) in [5, 5.41) is 2.91. The second-order valence-electron chi connectivity index (χ2n) is 4.99. The second kappa shape index (κ2) is 10.1. The van der Waals surface area contributed by atoms with Gasteiger partial charge in [0, 0.05) is 5.69 Å². The number of nitrogens with zero attached hydrogens (tertiary/aromatic N) is 1. The fraction of sp³-hybridized carbons (Fsp3) is 0.235. The molecule has 3 N–H and O–H groups in total. The number of aliphatic imine (C=N–C) groups is 1. The number of anilines is 1. The molecule has 26 heavy (non-hydrogen) atoms. The third-order valence-corrected chi connectivity index (χ3v) is 3.19. The molecule has 0 heterocycles. The van der Waals surface area contributed by atoms with Crippen LogP contribution in [0.4, 0.5) is 18.9 Å². The van der Waals surface area contributed by atoms with Gasteiger partial charge in [-0.2, -0.15) is 13.2 Å². The molecule has 142 valence electrons. The summed E-state index contributed by atoms with van der Waals surface area (Å²) in [5.74, 6) is 1.28. The first-order valence-corrected chi connectivity index (χ1v) is 7.39. The lowest BCUT2D eigenvalue weighted by atomic mass is 10.2. The quantitative estimate of drug-likeness (QED) is 0.282. The number of benzene rings is 2. The summed E-state index contributed by atoms with van der Waals surface area (Å²) in [6.45, 7) is 0.451. The van der Waals surface area contributed by atoms with Crippen LogP contribution in [0.15, 0.2) is 53.5 Å². The third kappa shape index (κ3) is 6.98. The Morgan fingerprint density at radius 2 is 1.62 bits per heavy atom. The van der Waals surface area contributed by atoms with Gasteiger partial charge in [0.2, 0.25) is 0 Å². The van der Waals surface area contributed by atoms with Crippen LogP contribution in [-0.4, -0.2) is 26.2 Å². The molecule has 0 aliphatic rings. The first kappa shape index (κ1) is 21.9. The van der Waals surface area contributed by atoms with E-state index in [1.54, 1.807) is 31.4 Å². The lowest BCUT2D eigenvalue weighted by molar-refractivity contribution is -0.137. The Kier molecular flexibility index (Phi) is 8.49. The maximum Gasteiger partial charge on any atom is 0.416 e. The summed E-state index contributed by atoms with van der Waals surface area (Å²) in [5.41, 5.74) is 5.79. The number of guanidine groups is 1. The Morgan fingerprint density at radius 1 is 1.04 bits per heavy atom. The van der Waals surface area contributed by atoms with Crippen LogP contribution < -0.4 is 20.5 Å². The lowest BCUT2D eigenvalue weighted by Crippen LogP contribution is -2.23. The fourth-order valence-corrected chi connectivity index (χ4v) is 1.93. The predicted molar refractivity (Wildman–Crippen MR) is 105 cm³/mol. The van der Waals surface area contributed by atoms with Crippen LogP contribution in [-0.2, 0) is 6.18 Å². The number of rotatable bonds is 6. The molecule has 2 aromatic rings. The van der Waals surface area contributed by atoms with Gasteiger partial charge in [-0.25, -0.2) is 4.99 Å². The van der Waals surface area contributed by atoms with Crippen molar-refractivity contribution < 1.29 is 22.6 Å². The van der Waals surface area contributed by atoms with Crippen LogP contribution in [0, 0.1) is 0 Å². The van der Waals surface area contributed by atoms with Gasteiger partial charge in [0.25, 0.3) is 0 Å². The Balaban J connectivity index is 0.00000338. The molecule has 0 bridgehead atoms. The fourth-order valence-electron chi connectivity index (χ4n) is 1.93. The minimum Gasteiger partial charge on any atom is -0.497 e. The van der Waals surface area contributed by atoms with Gasteiger partial charge in [0.15, 0.2) is 5.96 Å². The van der Waals surface area contributed by atoms with E-state index < -0.39 is 11.7 Å². The Morgan fingerprint density at radius 3 is 2.15 bits per heavy atom. The molecule has 0 spiro atoms. The molecule has 0 atom stereocenters. The highest BCUT2D eigenvalue weighted by Crippen LogP contribution is 2.30. The molecule has 0 aliphatic carbocycles. The van der Waals surface area contributed by atoms with Gasteiger partial charge < -0.3 is 20.5 Å². The van der Waals surface area contributed by atoms with E-state index in [0.29, 0.717) is 5.75 Å². The number of nitrogens with two attached hydrogens (primary N) is 1. The van der Waals surface area contributed by atoms with Gasteiger partial charge in [-0.3, -0.25) is 0 Å². The van der Waals surface area contributed by atoms with Gasteiger partial charge in [0.1, 0.15) is 18.1 Å². The minimum absolute atomic E-state index is 0. The predicted octanol–water partition coefficient (Wildman–Crippen LogP) is 4.14. The van der Waals surface area contributed by atoms with Crippen molar-refractivity contribution in [2.24, 2.45) is 10.7 Å². The van der Waals surface area contributed by atoms with E-state index >= 15 is 0 Å². The molecule has 0 aliphatic heterocycles. The molecule has 2 rings (SSSR count). The highest BCUT2D eigenvalue weighted by molar-refractivity contribution is 14.0. The van der Waals surface area contributed by atoms with Gasteiger partial charge in [0.05, 0.1) is 19.2 Å². The summed E-state index contributed by atoms with van der Waals surface area (Å²) < 4.78 is 47.7. The molecular formula is C17H19F3IN3O2. The van der Waals surface area contributed by atoms with Crippen molar-refractivity contribution in [2.45, 2.75) is 6.18 Å². The zero-order valence-corrected chi connectivity index (χ0v) is 16.2. The molecule has 9 heteroatoms. The number of ether oxygens (including phenoxy) is 2. The number of methoxy groups -OCH3 is 1. The SMILES string of the molecule is COc1ccc(NC(N)=NCCOc2ccc(C(F)(F)F)cc2)cc1.I. The largest absolute Gasteiger partial charge is 0.497 e. The molecular weight excluding hydrogens is 462 g/mol. The number of halogens is 4. The summed E-state index contributed by atoms with van der Waals surface area (Å²) in [6, 6.07) is 11.6. The van der Waals surface area contributed by atoms with Crippen LogP contribution in [0.3, 0.4) is 0 Å². The molecule has 0 fully saturated rings. The summed E-state index contributed by atoms with van der Waals surface area (Å²) in [6.07, 6.45) is -4.36. The first-order chi connectivity index (χ1) is 11.9. The van der Waals surface area contributed by atoms with E-state index in [-0.39, 0.29) is 43.1 Å². The molecule has 5 nitrogen and oxygen atoms in total. The first-order valence-electron chi connectivity index (χ1n) is 7.39. The average Bonchev–Trinajstić information content (AvgIpc) is 2.59. The van der Waals surface area contributed by atoms with Gasteiger partial charge in [-0.15, -0.1) is 24.0 Å². The highest BCUT2D eigenvalue weighted by atomic mass is 127. The monoisotopic (exact) mass is 481 g/mol. The van der Waals surface area contributed by atoms with Crippen LogP contribution in [0.1, 0.15) is 5.56 Å². The normalized spacial score (nSPS) is 11.5. The molecule has 2 aromatic carbocycles. The molecule has 0 radical (unpaired) electrons. The van der Waals surface area contributed by atoms with Crippen molar-refractivity contribution in [1.82, 2.24) is 0 Å². The van der Waals surface area contributed by atoms with Gasteiger partial charge in [-0.05, 0) is 48.5 Å². The Hall–Kier alpha value is -2.17. The summed E-state index contributed by atoms with van der Waals surface area (Å²) in [7, 11) is 1.58. The van der Waals surface area contributed by atoms with E-state index in [1.807, 2.05) is 0 Å². The van der Waals surface area contributed by atoms with Crippen molar-refractivity contribution in [3.05, 3.63) is 54.1 Å². The van der Waals surface area contributed by atoms with Crippen molar-refractivity contribution in [2.75, 3.05) is 25.6 Å². The lowest BCUT2D eigenvalue weighted by Gasteiger charge is -2.09. The van der Waals surface area contributed by atoms with Crippen molar-refractivity contribution in [3.63, 3.8) is 0 Å². The Bertz CT molecular complexity index is 705. The van der Waals surface area contributed by atoms with E-state index in [4.69, 9.17) is 15.2 Å². The zero-order valence-electron chi connectivity index (χ0n) is 13.9. The van der Waals surface area contributed by atoms with Crippen molar-refractivity contribution in [1.29, 1.82) is 0 Å². The maximum absolute atomic E-state index is 12.4. The Labute approximate surface area is 166 Å². The molecule has 0 saturated heterocycles. The van der Waals surface area contributed by atoms with E-state index in [9.17, 15) is 13.2 Å². The van der Waals surface area contributed by atoms with Crippen molar-refractivity contribution in [3.8, 4) is 11.5 Å². The molecule has 0 amide bonds. The minimum atomic E-state index is -4.36. The topological polar surface area (TPSA) is 68.9 Å². The second-order valence-corrected chi connectivity index (χ2v) is 4.99. The average molecular weight is 481 g/mol. The zero-order chi connectivity index (χ0) is 18.3. The highest BCUT2D eigenvalue weighted by Gasteiger charge is 2.29. The third-order valence-electron chi connectivity index (χ3n) is 3.19. The number of hydrogen-bond acceptors (Lipinski definition) is 3. The van der Waals surface area contributed by atoms with Crippen LogP contribution in [0.25, 0.3) is 0 Å². The summed E-state index contributed by atoms with van der Waals surface area (Å²) in [4.78, 5) is 4.08. The molecule has 0 unspecified atom stereocenters. The summed E-state index contributed by atoms with van der Waals surface area (Å²) >= 11 is 0. The van der Waals surface area contributed by atoms with Crippen molar-refractivity contribution >= 4 is 35.6 Å². The van der Waals surface area contributed by atoms with Crippen LogP contribution in [0.5, 0.6) is 11.5 Å². The molecule has 0 aromatic heterocycles. The van der Waals surface area contributed by atoms with Gasteiger partial charge in [-0.1, -0.05) is 0 Å². The number of alkyl halides is 3. The van der Waals surface area contributed by atoms with E-state index in [0.717, 1.165) is 23.6 Å².